The van der Waals surface area contributed by atoms with Crippen molar-refractivity contribution < 1.29 is 9.59 Å². The van der Waals surface area contributed by atoms with E-state index < -0.39 is 0 Å². The molecule has 25 heavy (non-hydrogen) atoms. The van der Waals surface area contributed by atoms with Gasteiger partial charge in [-0.2, -0.15) is 0 Å². The minimum Gasteiger partial charge on any atom is -0.332 e. The number of hydrogen-bond donors (Lipinski definition) is 3. The van der Waals surface area contributed by atoms with Crippen molar-refractivity contribution in [1.29, 1.82) is 0 Å². The SMILES string of the molecule is CC(=O)Nc1cccc([C@H](C)NC(=O)N[C@@H](C)c2ccc(C)cc2)c1. The van der Waals surface area contributed by atoms with E-state index >= 15 is 0 Å². The van der Waals surface area contributed by atoms with Crippen LogP contribution in [0.3, 0.4) is 0 Å². The molecule has 0 aliphatic carbocycles. The lowest BCUT2D eigenvalue weighted by molar-refractivity contribution is -0.114. The highest BCUT2D eigenvalue weighted by molar-refractivity contribution is 5.88. The Labute approximate surface area is 148 Å². The Morgan fingerprint density at radius 2 is 1.48 bits per heavy atom. The summed E-state index contributed by atoms with van der Waals surface area (Å²) in [4.78, 5) is 23.4. The molecule has 3 N–H and O–H groups in total. The quantitative estimate of drug-likeness (QED) is 0.768. The third-order valence-electron chi connectivity index (χ3n) is 3.98. The molecule has 5 nitrogen and oxygen atoms in total. The van der Waals surface area contributed by atoms with Gasteiger partial charge in [0.05, 0.1) is 12.1 Å². The van der Waals surface area contributed by atoms with E-state index in [1.165, 1.54) is 12.5 Å². The molecule has 2 atom stereocenters. The Morgan fingerprint density at radius 1 is 0.880 bits per heavy atom. The maximum Gasteiger partial charge on any atom is 0.315 e. The van der Waals surface area contributed by atoms with E-state index in [9.17, 15) is 9.59 Å². The maximum absolute atomic E-state index is 12.2. The summed E-state index contributed by atoms with van der Waals surface area (Å²) < 4.78 is 0. The third kappa shape index (κ3) is 5.64. The number of aryl methyl sites for hydroxylation is 1. The zero-order valence-corrected chi connectivity index (χ0v) is 15.1. The number of carbonyl (C=O) groups excluding carboxylic acids is 2. The molecule has 0 heterocycles. The molecule has 0 bridgehead atoms. The molecule has 2 aromatic rings. The van der Waals surface area contributed by atoms with Gasteiger partial charge in [-0.1, -0.05) is 42.0 Å². The van der Waals surface area contributed by atoms with Gasteiger partial charge in [-0.25, -0.2) is 4.79 Å². The van der Waals surface area contributed by atoms with Crippen LogP contribution in [0.2, 0.25) is 0 Å². The molecule has 0 spiro atoms. The lowest BCUT2D eigenvalue weighted by Gasteiger charge is -2.19. The molecule has 0 radical (unpaired) electrons. The number of hydrogen-bond acceptors (Lipinski definition) is 2. The van der Waals surface area contributed by atoms with Gasteiger partial charge in [-0.05, 0) is 44.0 Å². The first-order valence-corrected chi connectivity index (χ1v) is 8.36. The normalized spacial score (nSPS) is 12.8. The van der Waals surface area contributed by atoms with E-state index in [-0.39, 0.29) is 24.0 Å². The predicted octanol–water partition coefficient (Wildman–Crippen LogP) is 4.07. The monoisotopic (exact) mass is 339 g/mol. The molecule has 0 saturated carbocycles. The van der Waals surface area contributed by atoms with Crippen LogP contribution in [-0.4, -0.2) is 11.9 Å². The number of nitrogens with one attached hydrogen (secondary N) is 3. The molecule has 0 fully saturated rings. The van der Waals surface area contributed by atoms with Crippen LogP contribution in [-0.2, 0) is 4.79 Å². The van der Waals surface area contributed by atoms with Crippen LogP contribution in [0.25, 0.3) is 0 Å². The van der Waals surface area contributed by atoms with Crippen molar-refractivity contribution in [3.8, 4) is 0 Å². The Bertz CT molecular complexity index is 741. The second-order valence-corrected chi connectivity index (χ2v) is 6.28. The zero-order chi connectivity index (χ0) is 18.4. The number of benzene rings is 2. The van der Waals surface area contributed by atoms with Crippen LogP contribution in [0.5, 0.6) is 0 Å². The van der Waals surface area contributed by atoms with Crippen LogP contribution in [0, 0.1) is 6.92 Å². The van der Waals surface area contributed by atoms with Gasteiger partial charge in [0.15, 0.2) is 0 Å². The highest BCUT2D eigenvalue weighted by Gasteiger charge is 2.13. The third-order valence-corrected chi connectivity index (χ3v) is 3.98. The molecular formula is C20H25N3O2. The molecule has 0 aliphatic rings. The second kappa shape index (κ2) is 8.33. The zero-order valence-electron chi connectivity index (χ0n) is 15.1. The Kier molecular flexibility index (Phi) is 6.17. The highest BCUT2D eigenvalue weighted by atomic mass is 16.2. The average Bonchev–Trinajstić information content (AvgIpc) is 2.54. The Hall–Kier alpha value is -2.82. The van der Waals surface area contributed by atoms with Crippen LogP contribution < -0.4 is 16.0 Å². The molecule has 0 unspecified atom stereocenters. The highest BCUT2D eigenvalue weighted by Crippen LogP contribution is 2.18. The summed E-state index contributed by atoms with van der Waals surface area (Å²) in [6, 6.07) is 15.0. The molecule has 0 aromatic heterocycles. The average molecular weight is 339 g/mol. The molecule has 5 heteroatoms. The van der Waals surface area contributed by atoms with Crippen LogP contribution in [0.4, 0.5) is 10.5 Å². The summed E-state index contributed by atoms with van der Waals surface area (Å²) in [5.41, 5.74) is 3.88. The van der Waals surface area contributed by atoms with Crippen molar-refractivity contribution in [2.45, 2.75) is 39.8 Å². The van der Waals surface area contributed by atoms with E-state index in [0.29, 0.717) is 5.69 Å². The van der Waals surface area contributed by atoms with E-state index in [4.69, 9.17) is 0 Å². The lowest BCUT2D eigenvalue weighted by Crippen LogP contribution is -2.38. The van der Waals surface area contributed by atoms with Gasteiger partial charge in [0, 0.05) is 12.6 Å². The number of rotatable bonds is 5. The van der Waals surface area contributed by atoms with Crippen LogP contribution in [0.1, 0.15) is 49.5 Å². The first kappa shape index (κ1) is 18.5. The molecular weight excluding hydrogens is 314 g/mol. The number of amides is 3. The van der Waals surface area contributed by atoms with Gasteiger partial charge in [-0.3, -0.25) is 4.79 Å². The van der Waals surface area contributed by atoms with Crippen molar-refractivity contribution >= 4 is 17.6 Å². The predicted molar refractivity (Wildman–Crippen MR) is 100 cm³/mol. The van der Waals surface area contributed by atoms with Crippen molar-refractivity contribution in [2.24, 2.45) is 0 Å². The number of anilines is 1. The van der Waals surface area contributed by atoms with Gasteiger partial charge in [0.2, 0.25) is 5.91 Å². The molecule has 0 saturated heterocycles. The van der Waals surface area contributed by atoms with Gasteiger partial charge in [-0.15, -0.1) is 0 Å². The largest absolute Gasteiger partial charge is 0.332 e. The van der Waals surface area contributed by atoms with Crippen molar-refractivity contribution in [1.82, 2.24) is 10.6 Å². The first-order chi connectivity index (χ1) is 11.8. The van der Waals surface area contributed by atoms with E-state index in [2.05, 4.69) is 16.0 Å². The number of carbonyl (C=O) groups is 2. The van der Waals surface area contributed by atoms with E-state index in [0.717, 1.165) is 11.1 Å². The molecule has 2 aromatic carbocycles. The van der Waals surface area contributed by atoms with Gasteiger partial charge >= 0.3 is 6.03 Å². The lowest BCUT2D eigenvalue weighted by atomic mass is 10.1. The Balaban J connectivity index is 1.95. The molecule has 2 rings (SSSR count). The first-order valence-electron chi connectivity index (χ1n) is 8.36. The van der Waals surface area contributed by atoms with Crippen LogP contribution in [0.15, 0.2) is 48.5 Å². The second-order valence-electron chi connectivity index (χ2n) is 6.28. The molecule has 3 amide bonds. The fourth-order valence-corrected chi connectivity index (χ4v) is 2.55. The minimum atomic E-state index is -0.231. The smallest absolute Gasteiger partial charge is 0.315 e. The fourth-order valence-electron chi connectivity index (χ4n) is 2.55. The fraction of sp³-hybridized carbons (Fsp3) is 0.300. The maximum atomic E-state index is 12.2. The summed E-state index contributed by atoms with van der Waals surface area (Å²) in [5.74, 6) is -0.123. The van der Waals surface area contributed by atoms with Gasteiger partial charge in [0.25, 0.3) is 0 Å². The molecule has 0 aliphatic heterocycles. The summed E-state index contributed by atoms with van der Waals surface area (Å²) in [7, 11) is 0. The minimum absolute atomic E-state index is 0.0847. The summed E-state index contributed by atoms with van der Waals surface area (Å²) in [6.45, 7) is 7.36. The topological polar surface area (TPSA) is 70.2 Å². The van der Waals surface area contributed by atoms with Crippen molar-refractivity contribution in [2.75, 3.05) is 5.32 Å². The van der Waals surface area contributed by atoms with Gasteiger partial charge < -0.3 is 16.0 Å². The standard InChI is InChI=1S/C20H25N3O2/c1-13-8-10-17(11-9-13)14(2)21-20(25)22-15(3)18-6-5-7-19(12-18)23-16(4)24/h5-12,14-15H,1-4H3,(H,23,24)(H2,21,22,25)/t14-,15-/m0/s1. The number of urea groups is 1. The van der Waals surface area contributed by atoms with E-state index in [1.807, 2.05) is 69.3 Å². The molecule has 132 valence electrons. The summed E-state index contributed by atoms with van der Waals surface area (Å²) >= 11 is 0. The van der Waals surface area contributed by atoms with Crippen LogP contribution >= 0.6 is 0 Å². The van der Waals surface area contributed by atoms with Crippen molar-refractivity contribution in [3.05, 3.63) is 65.2 Å². The van der Waals surface area contributed by atoms with E-state index in [1.54, 1.807) is 0 Å². The van der Waals surface area contributed by atoms with Gasteiger partial charge in [0.1, 0.15) is 0 Å². The summed E-state index contributed by atoms with van der Waals surface area (Å²) in [5, 5.41) is 8.61. The van der Waals surface area contributed by atoms with Crippen molar-refractivity contribution in [3.63, 3.8) is 0 Å². The summed E-state index contributed by atoms with van der Waals surface area (Å²) in [6.07, 6.45) is 0. The Morgan fingerprint density at radius 3 is 2.08 bits per heavy atom.